The van der Waals surface area contributed by atoms with E-state index in [1.807, 2.05) is 0 Å². The molecule has 0 aromatic rings. The zero-order valence-electron chi connectivity index (χ0n) is 10.1. The summed E-state index contributed by atoms with van der Waals surface area (Å²) in [5, 5.41) is 4.32. The molecule has 0 saturated carbocycles. The Morgan fingerprint density at radius 2 is 1.67 bits per heavy atom. The van der Waals surface area contributed by atoms with Crippen molar-refractivity contribution in [2.75, 3.05) is 19.6 Å². The van der Waals surface area contributed by atoms with Gasteiger partial charge in [0.25, 0.3) is 0 Å². The lowest BCUT2D eigenvalue weighted by molar-refractivity contribution is 0.356. The van der Waals surface area contributed by atoms with Crippen molar-refractivity contribution in [3.63, 3.8) is 0 Å². The van der Waals surface area contributed by atoms with Crippen LogP contribution in [0.1, 0.15) is 46.0 Å². The van der Waals surface area contributed by atoms with E-state index >= 15 is 0 Å². The van der Waals surface area contributed by atoms with Gasteiger partial charge in [-0.05, 0) is 31.0 Å². The number of likely N-dealkylation sites (tertiary alicyclic amines) is 1. The van der Waals surface area contributed by atoms with E-state index in [9.17, 15) is 0 Å². The summed E-state index contributed by atoms with van der Waals surface area (Å²) in [6.07, 6.45) is 6.72. The molecule has 2 nitrogen and oxygen atoms in total. The fraction of sp³-hybridized carbons (Fsp3) is 0.917. The Balaban J connectivity index is 2.28. The summed E-state index contributed by atoms with van der Waals surface area (Å²) in [6.45, 7) is 7.70. The van der Waals surface area contributed by atoms with Crippen LogP contribution in [0, 0.1) is 5.92 Å². The first-order chi connectivity index (χ1) is 7.20. The summed E-state index contributed by atoms with van der Waals surface area (Å²) in [6, 6.07) is 0. The molecule has 15 heavy (non-hydrogen) atoms. The molecule has 1 saturated heterocycles. The average molecular weight is 228 g/mol. The van der Waals surface area contributed by atoms with E-state index in [0.717, 1.165) is 24.7 Å². The summed E-state index contributed by atoms with van der Waals surface area (Å²) in [5.41, 5.74) is 0. The fourth-order valence-electron chi connectivity index (χ4n) is 1.85. The first-order valence-corrected chi connectivity index (χ1v) is 6.63. The standard InChI is InChI=1S/C12H24N2S/c1-11(2)10-13-12(15)14-8-6-4-3-5-7-9-14/h11H,3-10H2,1-2H3,(H,13,15). The predicted octanol–water partition coefficient (Wildman–Crippen LogP) is 2.78. The van der Waals surface area contributed by atoms with Crippen LogP contribution in [0.15, 0.2) is 0 Å². The molecule has 0 aromatic heterocycles. The normalized spacial score (nSPS) is 18.5. The van der Waals surface area contributed by atoms with Crippen molar-refractivity contribution in [3.05, 3.63) is 0 Å². The van der Waals surface area contributed by atoms with Gasteiger partial charge in [0.2, 0.25) is 0 Å². The summed E-state index contributed by atoms with van der Waals surface area (Å²) >= 11 is 5.41. The lowest BCUT2D eigenvalue weighted by Gasteiger charge is -2.28. The molecular formula is C12H24N2S. The highest BCUT2D eigenvalue weighted by molar-refractivity contribution is 7.80. The highest BCUT2D eigenvalue weighted by atomic mass is 32.1. The predicted molar refractivity (Wildman–Crippen MR) is 70.1 cm³/mol. The molecule has 1 N–H and O–H groups in total. The van der Waals surface area contributed by atoms with E-state index in [-0.39, 0.29) is 0 Å². The molecule has 1 rings (SSSR count). The van der Waals surface area contributed by atoms with Crippen LogP contribution in [0.4, 0.5) is 0 Å². The molecule has 1 fully saturated rings. The van der Waals surface area contributed by atoms with Crippen molar-refractivity contribution in [2.45, 2.75) is 46.0 Å². The zero-order chi connectivity index (χ0) is 11.1. The van der Waals surface area contributed by atoms with Crippen LogP contribution in [0.3, 0.4) is 0 Å². The van der Waals surface area contributed by atoms with Crippen LogP contribution in [0.2, 0.25) is 0 Å². The quantitative estimate of drug-likeness (QED) is 0.732. The van der Waals surface area contributed by atoms with Crippen LogP contribution >= 0.6 is 12.2 Å². The van der Waals surface area contributed by atoms with E-state index < -0.39 is 0 Å². The van der Waals surface area contributed by atoms with Gasteiger partial charge < -0.3 is 10.2 Å². The van der Waals surface area contributed by atoms with Gasteiger partial charge in [0, 0.05) is 19.6 Å². The van der Waals surface area contributed by atoms with Gasteiger partial charge in [0.1, 0.15) is 0 Å². The summed E-state index contributed by atoms with van der Waals surface area (Å²) in [4.78, 5) is 2.34. The summed E-state index contributed by atoms with van der Waals surface area (Å²) in [7, 11) is 0. The van der Waals surface area contributed by atoms with Gasteiger partial charge in [0.05, 0.1) is 0 Å². The van der Waals surface area contributed by atoms with Gasteiger partial charge in [-0.1, -0.05) is 33.1 Å². The number of nitrogens with zero attached hydrogens (tertiary/aromatic N) is 1. The average Bonchev–Trinajstić information content (AvgIpc) is 2.13. The summed E-state index contributed by atoms with van der Waals surface area (Å²) < 4.78 is 0. The Kier molecular flexibility index (Phi) is 5.99. The van der Waals surface area contributed by atoms with E-state index in [2.05, 4.69) is 24.1 Å². The van der Waals surface area contributed by atoms with Crippen molar-refractivity contribution in [1.82, 2.24) is 10.2 Å². The summed E-state index contributed by atoms with van der Waals surface area (Å²) in [5.74, 6) is 0.665. The van der Waals surface area contributed by atoms with Crippen molar-refractivity contribution in [1.29, 1.82) is 0 Å². The Hall–Kier alpha value is -0.310. The molecule has 0 atom stereocenters. The Bertz CT molecular complexity index is 184. The smallest absolute Gasteiger partial charge is 0.168 e. The Labute approximate surface area is 99.4 Å². The molecule has 1 aliphatic rings. The fourth-order valence-corrected chi connectivity index (χ4v) is 2.12. The number of hydrogen-bond acceptors (Lipinski definition) is 1. The van der Waals surface area contributed by atoms with Gasteiger partial charge in [-0.15, -0.1) is 0 Å². The van der Waals surface area contributed by atoms with Gasteiger partial charge >= 0.3 is 0 Å². The Morgan fingerprint density at radius 3 is 2.20 bits per heavy atom. The number of hydrogen-bond donors (Lipinski definition) is 1. The highest BCUT2D eigenvalue weighted by Gasteiger charge is 2.10. The first-order valence-electron chi connectivity index (χ1n) is 6.23. The topological polar surface area (TPSA) is 15.3 Å². The van der Waals surface area contributed by atoms with E-state index in [1.165, 1.54) is 32.1 Å². The van der Waals surface area contributed by atoms with Gasteiger partial charge in [-0.3, -0.25) is 0 Å². The lowest BCUT2D eigenvalue weighted by atomic mass is 10.1. The third-order valence-corrected chi connectivity index (χ3v) is 3.21. The molecular weight excluding hydrogens is 204 g/mol. The van der Waals surface area contributed by atoms with Crippen LogP contribution in [-0.4, -0.2) is 29.6 Å². The molecule has 1 aliphatic heterocycles. The molecule has 1 heterocycles. The monoisotopic (exact) mass is 228 g/mol. The lowest BCUT2D eigenvalue weighted by Crippen LogP contribution is -2.42. The molecule has 0 radical (unpaired) electrons. The molecule has 0 aromatic carbocycles. The number of thiocarbonyl (C=S) groups is 1. The van der Waals surface area contributed by atoms with Crippen molar-refractivity contribution in [3.8, 4) is 0 Å². The van der Waals surface area contributed by atoms with E-state index in [4.69, 9.17) is 12.2 Å². The van der Waals surface area contributed by atoms with Crippen molar-refractivity contribution >= 4 is 17.3 Å². The van der Waals surface area contributed by atoms with Crippen molar-refractivity contribution in [2.24, 2.45) is 5.92 Å². The maximum absolute atomic E-state index is 5.41. The second-order valence-electron chi connectivity index (χ2n) is 4.83. The zero-order valence-corrected chi connectivity index (χ0v) is 10.9. The molecule has 3 heteroatoms. The van der Waals surface area contributed by atoms with Crippen molar-refractivity contribution < 1.29 is 0 Å². The molecule has 0 bridgehead atoms. The maximum Gasteiger partial charge on any atom is 0.168 e. The molecule has 0 amide bonds. The molecule has 88 valence electrons. The third-order valence-electron chi connectivity index (χ3n) is 2.80. The van der Waals surface area contributed by atoms with Gasteiger partial charge in [-0.25, -0.2) is 0 Å². The van der Waals surface area contributed by atoms with E-state index in [0.29, 0.717) is 5.92 Å². The molecule has 0 aliphatic carbocycles. The first kappa shape index (κ1) is 12.8. The van der Waals surface area contributed by atoms with E-state index in [1.54, 1.807) is 0 Å². The van der Waals surface area contributed by atoms with Gasteiger partial charge in [0.15, 0.2) is 5.11 Å². The minimum atomic E-state index is 0.665. The SMILES string of the molecule is CC(C)CNC(=S)N1CCCCCCC1. The second kappa shape index (κ2) is 7.04. The minimum Gasteiger partial charge on any atom is -0.362 e. The minimum absolute atomic E-state index is 0.665. The van der Waals surface area contributed by atoms with Crippen LogP contribution in [0.5, 0.6) is 0 Å². The maximum atomic E-state index is 5.41. The highest BCUT2D eigenvalue weighted by Crippen LogP contribution is 2.10. The largest absolute Gasteiger partial charge is 0.362 e. The molecule has 0 spiro atoms. The third kappa shape index (κ3) is 5.36. The van der Waals surface area contributed by atoms with Crippen LogP contribution in [0.25, 0.3) is 0 Å². The number of nitrogens with one attached hydrogen (secondary N) is 1. The van der Waals surface area contributed by atoms with Crippen LogP contribution < -0.4 is 5.32 Å². The van der Waals surface area contributed by atoms with Gasteiger partial charge in [-0.2, -0.15) is 0 Å². The number of rotatable bonds is 2. The van der Waals surface area contributed by atoms with Crippen LogP contribution in [-0.2, 0) is 0 Å². The molecule has 0 unspecified atom stereocenters. The Morgan fingerprint density at radius 1 is 1.13 bits per heavy atom. The second-order valence-corrected chi connectivity index (χ2v) is 5.22.